The first-order valence-corrected chi connectivity index (χ1v) is 47.9. The maximum absolute atomic E-state index is 7.57. The van der Waals surface area contributed by atoms with Crippen LogP contribution >= 0.6 is 0 Å². The molecule has 6 heteroatoms. The molecular weight excluding hydrogens is 1430 g/mol. The monoisotopic (exact) mass is 1520 g/mol. The van der Waals surface area contributed by atoms with Gasteiger partial charge in [-0.2, -0.15) is 0 Å². The molecule has 0 amide bonds. The maximum Gasteiger partial charge on any atom is 0.159 e. The van der Waals surface area contributed by atoms with Gasteiger partial charge in [-0.15, -0.1) is 0 Å². The van der Waals surface area contributed by atoms with Crippen molar-refractivity contribution in [2.24, 2.45) is 0 Å². The van der Waals surface area contributed by atoms with Crippen LogP contribution in [0, 0.1) is 0 Å². The molecule has 1 aliphatic rings. The molecule has 0 radical (unpaired) electrons. The van der Waals surface area contributed by atoms with Crippen molar-refractivity contribution in [3.8, 4) is 55.6 Å². The topological polar surface area (TPSA) is 32.8 Å². The Morgan fingerprint density at radius 2 is 0.652 bits per heavy atom. The Balaban J connectivity index is 0.681. The second-order valence-corrected chi connectivity index (χ2v) is 47.3. The first kappa shape index (κ1) is 70.5. The predicted octanol–water partition coefficient (Wildman–Crippen LogP) is 30.9. The largest absolute Gasteiger partial charge is 0.454 e. The summed E-state index contributed by atoms with van der Waals surface area (Å²) in [5.74, 6) is 0. The van der Waals surface area contributed by atoms with E-state index in [1.807, 2.05) is 0 Å². The Hall–Kier alpha value is -12.3. The zero-order valence-corrected chi connectivity index (χ0v) is 70.1. The van der Waals surface area contributed by atoms with Crippen molar-refractivity contribution >= 4 is 169 Å². The van der Waals surface area contributed by atoms with Gasteiger partial charge in [0.1, 0.15) is 11.2 Å². The van der Waals surface area contributed by atoms with Crippen LogP contribution in [0.4, 0.5) is 34.1 Å². The van der Waals surface area contributed by atoms with Crippen molar-refractivity contribution in [1.82, 2.24) is 0 Å². The van der Waals surface area contributed by atoms with E-state index in [1.54, 1.807) is 0 Å². The first-order chi connectivity index (χ1) is 55.3. The summed E-state index contributed by atoms with van der Waals surface area (Å²) in [6, 6.07) is 115. The van der Waals surface area contributed by atoms with Gasteiger partial charge in [0.15, 0.2) is 11.2 Å². The SMILES string of the molecule is CC(C)(C)c1cccc2c1oc1c(N(c3ccccc3)c3ccc4ccc5c(N(c6ccccc6)c6cccc7c6oc6c(C(C)(C)C)cc(-c8ccc9c(c8)C(C)(C)c8cc(-c%10cc(-c%11ccc([Si](C)(C)C)cc%11)c%11ccc%12ccc(-c%13ccc([Si](C)(C)C)cc%13)c%13ccc%10c%11c%12%13)ccc8-9)cc67)ccc6ccc3c4c65)cccc12. The Kier molecular flexibility index (Phi) is 15.5. The highest BCUT2D eigenvalue weighted by Gasteiger charge is 2.38. The lowest BCUT2D eigenvalue weighted by Crippen LogP contribution is -2.37. The number of para-hydroxylation sites is 5. The summed E-state index contributed by atoms with van der Waals surface area (Å²) in [5.41, 5.74) is 26.6. The third-order valence-corrected chi connectivity index (χ3v) is 29.7. The lowest BCUT2D eigenvalue weighted by Gasteiger charge is -2.29. The van der Waals surface area contributed by atoms with Gasteiger partial charge < -0.3 is 18.6 Å². The highest BCUT2D eigenvalue weighted by Crippen LogP contribution is 2.56. The van der Waals surface area contributed by atoms with Gasteiger partial charge in [-0.1, -0.05) is 330 Å². The third-order valence-electron chi connectivity index (χ3n) is 25.5. The van der Waals surface area contributed by atoms with E-state index in [1.165, 1.54) is 142 Å². The molecule has 0 spiro atoms. The molecule has 4 nitrogen and oxygen atoms in total. The number of nitrogens with zero attached hydrogens (tertiary/aromatic N) is 2. The lowest BCUT2D eigenvalue weighted by atomic mass is 9.79. The van der Waals surface area contributed by atoms with Gasteiger partial charge >= 0.3 is 0 Å². The Labute approximate surface area is 675 Å². The van der Waals surface area contributed by atoms with E-state index in [9.17, 15) is 0 Å². The van der Waals surface area contributed by atoms with E-state index in [2.05, 4.69) is 408 Å². The highest BCUT2D eigenvalue weighted by molar-refractivity contribution is 6.89. The minimum atomic E-state index is -1.55. The van der Waals surface area contributed by atoms with Crippen molar-refractivity contribution in [2.45, 2.75) is 111 Å². The fourth-order valence-electron chi connectivity index (χ4n) is 19.5. The number of hydrogen-bond donors (Lipinski definition) is 0. The quantitative estimate of drug-likeness (QED) is 0.0901. The minimum Gasteiger partial charge on any atom is -0.454 e. The fraction of sp³-hybridized carbons (Fsp3) is 0.156. The van der Waals surface area contributed by atoms with Crippen molar-refractivity contribution in [3.05, 3.63) is 326 Å². The molecule has 0 aliphatic heterocycles. The average molecular weight is 1520 g/mol. The highest BCUT2D eigenvalue weighted by atomic mass is 28.3. The predicted molar refractivity (Wildman–Crippen MR) is 500 cm³/mol. The molecular formula is C109H92N2O2Si2. The second-order valence-electron chi connectivity index (χ2n) is 37.2. The van der Waals surface area contributed by atoms with Gasteiger partial charge in [-0.05, 0) is 210 Å². The van der Waals surface area contributed by atoms with Gasteiger partial charge in [0, 0.05) is 60.2 Å². The molecule has 0 N–H and O–H groups in total. The van der Waals surface area contributed by atoms with Crippen LogP contribution in [-0.2, 0) is 16.2 Å². The molecule has 2 aromatic heterocycles. The summed E-state index contributed by atoms with van der Waals surface area (Å²) < 4.78 is 14.7. The summed E-state index contributed by atoms with van der Waals surface area (Å²) in [6.07, 6.45) is 0. The summed E-state index contributed by atoms with van der Waals surface area (Å²) in [7, 11) is -3.04. The molecule has 115 heavy (non-hydrogen) atoms. The number of hydrogen-bond acceptors (Lipinski definition) is 4. The fourth-order valence-corrected chi connectivity index (χ4v) is 21.8. The molecule has 0 saturated heterocycles. The number of furan rings is 2. The van der Waals surface area contributed by atoms with Crippen LogP contribution in [0.2, 0.25) is 39.3 Å². The van der Waals surface area contributed by atoms with Crippen LogP contribution in [0.3, 0.4) is 0 Å². The number of fused-ring (bicyclic) bond motifs is 9. The normalized spacial score (nSPS) is 13.4. The first-order valence-electron chi connectivity index (χ1n) is 40.9. The molecule has 0 saturated carbocycles. The van der Waals surface area contributed by atoms with E-state index < -0.39 is 16.1 Å². The minimum absolute atomic E-state index is 0.113. The molecule has 0 unspecified atom stereocenters. The van der Waals surface area contributed by atoms with Crippen LogP contribution < -0.4 is 20.2 Å². The second kappa shape index (κ2) is 25.3. The molecule has 558 valence electrons. The van der Waals surface area contributed by atoms with Crippen molar-refractivity contribution in [3.63, 3.8) is 0 Å². The lowest BCUT2D eigenvalue weighted by molar-refractivity contribution is 0.572. The van der Waals surface area contributed by atoms with Crippen LogP contribution in [0.15, 0.2) is 312 Å². The van der Waals surface area contributed by atoms with E-state index in [-0.39, 0.29) is 16.2 Å². The standard InChI is InChI=1S/C109H92N2O2Si2/c1-107(2,3)91-31-21-28-83-84-29-22-32-97(105(84)112-103(83)91)110(73-24-17-15-18-25-73)95-58-44-68-41-55-87-96(59-45-69-40-54-86(95)100(68)101(69)87)111(74-26-19-16-20-27-74)98-33-23-30-85-90-60-72(63-94(108(4,5)6)104(90)113-106(85)98)70-42-51-78-79-52-43-71(62-93(79)109(7,8)92(78)61-70)89-64-88(66-36-48-76(49-37-66)115(12,13)14)81-53-39-67-38-50-77(80-56-57-82(89)102(81)99(67)80)65-34-46-75(47-35-65)114(9,10)11/h15-64H,1-14H3. The van der Waals surface area contributed by atoms with Crippen molar-refractivity contribution in [1.29, 1.82) is 0 Å². The molecule has 1 aliphatic carbocycles. The van der Waals surface area contributed by atoms with Crippen molar-refractivity contribution in [2.75, 3.05) is 9.80 Å². The van der Waals surface area contributed by atoms with Crippen LogP contribution in [-0.4, -0.2) is 16.1 Å². The van der Waals surface area contributed by atoms with Crippen LogP contribution in [0.5, 0.6) is 0 Å². The Bertz CT molecular complexity index is 7380. The zero-order chi connectivity index (χ0) is 78.7. The van der Waals surface area contributed by atoms with Gasteiger partial charge in [0.25, 0.3) is 0 Å². The smallest absolute Gasteiger partial charge is 0.159 e. The molecule has 0 atom stereocenters. The van der Waals surface area contributed by atoms with Crippen molar-refractivity contribution < 1.29 is 8.83 Å². The molecule has 21 rings (SSSR count). The summed E-state index contributed by atoms with van der Waals surface area (Å²) in [4.78, 5) is 4.84. The van der Waals surface area contributed by atoms with E-state index in [0.717, 1.165) is 88.8 Å². The van der Waals surface area contributed by atoms with Crippen LogP contribution in [0.25, 0.3) is 164 Å². The van der Waals surface area contributed by atoms with Crippen LogP contribution in [0.1, 0.15) is 77.6 Å². The van der Waals surface area contributed by atoms with E-state index >= 15 is 0 Å². The molecule has 18 aromatic carbocycles. The van der Waals surface area contributed by atoms with Gasteiger partial charge in [0.05, 0.1) is 38.9 Å². The average Bonchev–Trinajstić information content (AvgIpc) is 1.63. The number of anilines is 6. The van der Waals surface area contributed by atoms with Gasteiger partial charge in [0.2, 0.25) is 0 Å². The molecule has 0 fully saturated rings. The van der Waals surface area contributed by atoms with Gasteiger partial charge in [-0.3, -0.25) is 0 Å². The molecule has 20 aromatic rings. The van der Waals surface area contributed by atoms with E-state index in [4.69, 9.17) is 8.83 Å². The van der Waals surface area contributed by atoms with E-state index in [0.29, 0.717) is 0 Å². The summed E-state index contributed by atoms with van der Waals surface area (Å²) in [5, 5.41) is 22.3. The third kappa shape index (κ3) is 11.0. The number of benzene rings is 18. The molecule has 0 bridgehead atoms. The summed E-state index contributed by atoms with van der Waals surface area (Å²) in [6.45, 7) is 33.3. The molecule has 2 heterocycles. The Morgan fingerprint density at radius 1 is 0.261 bits per heavy atom. The summed E-state index contributed by atoms with van der Waals surface area (Å²) >= 11 is 0. The maximum atomic E-state index is 7.57. The number of rotatable bonds is 12. The Morgan fingerprint density at radius 3 is 1.17 bits per heavy atom. The zero-order valence-electron chi connectivity index (χ0n) is 68.1. The van der Waals surface area contributed by atoms with Gasteiger partial charge in [-0.25, -0.2) is 0 Å².